The van der Waals surface area contributed by atoms with Gasteiger partial charge >= 0.3 is 5.97 Å². The van der Waals surface area contributed by atoms with Crippen molar-refractivity contribution in [1.82, 2.24) is 0 Å². The number of carbonyl (C=O) groups excluding carboxylic acids is 2. The van der Waals surface area contributed by atoms with Crippen LogP contribution < -0.4 is 0 Å². The molecule has 0 aromatic rings. The SMILES string of the molecule is C[C@]12C=CC(=O)C=C1[C@@H]1C[C@H]1[C@H]1[C@@H]3CC[C@@]4(CCC(=O)O4)[C@@]3(C)C[C@H]3O[C@@]132. The molecule has 27 heavy (non-hydrogen) atoms. The predicted molar refractivity (Wildman–Crippen MR) is 96.5 cm³/mol. The van der Waals surface area contributed by atoms with Crippen molar-refractivity contribution in [2.24, 2.45) is 34.5 Å². The number of allylic oxidation sites excluding steroid dienone is 2. The molecule has 4 saturated carbocycles. The van der Waals surface area contributed by atoms with Crippen LogP contribution in [-0.2, 0) is 19.1 Å². The van der Waals surface area contributed by atoms with E-state index in [0.29, 0.717) is 30.1 Å². The Morgan fingerprint density at radius 2 is 2.04 bits per heavy atom. The molecular formula is C23H26O4. The first-order valence-electron chi connectivity index (χ1n) is 10.7. The summed E-state index contributed by atoms with van der Waals surface area (Å²) in [7, 11) is 0. The Morgan fingerprint density at radius 3 is 2.81 bits per heavy atom. The monoisotopic (exact) mass is 366 g/mol. The minimum atomic E-state index is -0.257. The topological polar surface area (TPSA) is 55.9 Å². The summed E-state index contributed by atoms with van der Waals surface area (Å²) in [5.74, 6) is 2.41. The van der Waals surface area contributed by atoms with Crippen molar-refractivity contribution < 1.29 is 19.1 Å². The Kier molecular flexibility index (Phi) is 2.37. The normalized spacial score (nSPS) is 61.4. The van der Waals surface area contributed by atoms with E-state index in [1.165, 1.54) is 12.0 Å². The second kappa shape index (κ2) is 4.12. The molecule has 7 rings (SSSR count). The first-order valence-corrected chi connectivity index (χ1v) is 10.7. The van der Waals surface area contributed by atoms with Crippen molar-refractivity contribution in [3.05, 3.63) is 23.8 Å². The van der Waals surface area contributed by atoms with Crippen LogP contribution in [-0.4, -0.2) is 29.1 Å². The molecule has 9 atom stereocenters. The van der Waals surface area contributed by atoms with E-state index in [4.69, 9.17) is 9.47 Å². The van der Waals surface area contributed by atoms with Crippen LogP contribution in [0.2, 0.25) is 0 Å². The van der Waals surface area contributed by atoms with Gasteiger partial charge in [-0.15, -0.1) is 0 Å². The average Bonchev–Trinajstić information content (AvgIpc) is 3.49. The number of fused-ring (bicyclic) bond motifs is 7. The smallest absolute Gasteiger partial charge is 0.306 e. The fourth-order valence-corrected chi connectivity index (χ4v) is 8.75. The van der Waals surface area contributed by atoms with Gasteiger partial charge in [-0.1, -0.05) is 18.6 Å². The van der Waals surface area contributed by atoms with Crippen LogP contribution in [0.25, 0.3) is 0 Å². The molecule has 0 unspecified atom stereocenters. The van der Waals surface area contributed by atoms with E-state index in [9.17, 15) is 9.59 Å². The van der Waals surface area contributed by atoms with Gasteiger partial charge in [-0.2, -0.15) is 0 Å². The third-order valence-electron chi connectivity index (χ3n) is 10.0. The molecule has 0 aromatic heterocycles. The van der Waals surface area contributed by atoms with Gasteiger partial charge < -0.3 is 9.47 Å². The van der Waals surface area contributed by atoms with E-state index in [1.807, 2.05) is 6.08 Å². The minimum Gasteiger partial charge on any atom is -0.458 e. The van der Waals surface area contributed by atoms with Gasteiger partial charge in [-0.3, -0.25) is 9.59 Å². The average molecular weight is 366 g/mol. The van der Waals surface area contributed by atoms with Gasteiger partial charge in [-0.25, -0.2) is 0 Å². The van der Waals surface area contributed by atoms with Gasteiger partial charge in [0.1, 0.15) is 11.2 Å². The number of ketones is 1. The molecule has 6 fully saturated rings. The number of hydrogen-bond acceptors (Lipinski definition) is 4. The number of epoxide rings is 1. The lowest BCUT2D eigenvalue weighted by Gasteiger charge is -2.55. The Labute approximate surface area is 159 Å². The maximum Gasteiger partial charge on any atom is 0.306 e. The van der Waals surface area contributed by atoms with Crippen molar-refractivity contribution in [2.45, 2.75) is 69.7 Å². The molecule has 2 spiro atoms. The van der Waals surface area contributed by atoms with E-state index < -0.39 is 0 Å². The van der Waals surface area contributed by atoms with Gasteiger partial charge in [0.05, 0.1) is 6.10 Å². The Morgan fingerprint density at radius 1 is 1.19 bits per heavy atom. The summed E-state index contributed by atoms with van der Waals surface area (Å²) in [6.07, 6.45) is 11.9. The van der Waals surface area contributed by atoms with Gasteiger partial charge in [-0.05, 0) is 74.9 Å². The standard InChI is InChI=1S/C23H26O4/c1-20-6-3-12(24)9-16(20)13-10-14(13)19-15-4-7-22(8-5-18(25)27-22)21(15,2)11-17-23(19,20)26-17/h3,6,9,13-15,17,19H,4-5,7-8,10-11H2,1-2H3/t13-,14-,15+,17-,19+,20+,21+,22-,23-/m1/s1. The number of hydrogen-bond donors (Lipinski definition) is 0. The summed E-state index contributed by atoms with van der Waals surface area (Å²) in [5, 5.41) is 0. The number of esters is 1. The highest BCUT2D eigenvalue weighted by Gasteiger charge is 2.85. The maximum atomic E-state index is 12.1. The van der Waals surface area contributed by atoms with Crippen LogP contribution in [0, 0.1) is 34.5 Å². The summed E-state index contributed by atoms with van der Waals surface area (Å²) in [6.45, 7) is 4.70. The van der Waals surface area contributed by atoms with Gasteiger partial charge in [0, 0.05) is 17.3 Å². The number of rotatable bonds is 0. The molecule has 7 aliphatic rings. The van der Waals surface area contributed by atoms with Crippen LogP contribution in [0.15, 0.2) is 23.8 Å². The highest BCUT2D eigenvalue weighted by atomic mass is 16.6. The lowest BCUT2D eigenvalue weighted by molar-refractivity contribution is -0.164. The molecule has 0 bridgehead atoms. The molecular weight excluding hydrogens is 340 g/mol. The second-order valence-corrected chi connectivity index (χ2v) is 10.7. The number of carbonyl (C=O) groups is 2. The zero-order valence-corrected chi connectivity index (χ0v) is 16.0. The fourth-order valence-electron chi connectivity index (χ4n) is 8.75. The van der Waals surface area contributed by atoms with E-state index in [0.717, 1.165) is 25.7 Å². The van der Waals surface area contributed by atoms with Crippen LogP contribution in [0.1, 0.15) is 52.4 Å². The van der Waals surface area contributed by atoms with Crippen molar-refractivity contribution in [3.8, 4) is 0 Å². The Bertz CT molecular complexity index is 887. The molecule has 0 aromatic carbocycles. The minimum absolute atomic E-state index is 0.00993. The van der Waals surface area contributed by atoms with Crippen molar-refractivity contribution in [1.29, 1.82) is 0 Å². The van der Waals surface area contributed by atoms with Crippen LogP contribution in [0.4, 0.5) is 0 Å². The predicted octanol–water partition coefficient (Wildman–Crippen LogP) is 3.36. The molecule has 142 valence electrons. The molecule has 0 radical (unpaired) electrons. The summed E-state index contributed by atoms with van der Waals surface area (Å²) < 4.78 is 12.7. The second-order valence-electron chi connectivity index (χ2n) is 10.7. The molecule has 2 heterocycles. The van der Waals surface area contributed by atoms with E-state index in [1.54, 1.807) is 6.08 Å². The highest BCUT2D eigenvalue weighted by molar-refractivity contribution is 6.01. The Balaban J connectivity index is 1.37. The highest BCUT2D eigenvalue weighted by Crippen LogP contribution is 2.82. The first-order chi connectivity index (χ1) is 12.8. The van der Waals surface area contributed by atoms with E-state index >= 15 is 0 Å². The van der Waals surface area contributed by atoms with Crippen LogP contribution in [0.3, 0.4) is 0 Å². The summed E-state index contributed by atoms with van der Waals surface area (Å²) in [5.41, 5.74) is 0.839. The zero-order chi connectivity index (χ0) is 18.4. The third kappa shape index (κ3) is 1.43. The van der Waals surface area contributed by atoms with Gasteiger partial charge in [0.15, 0.2) is 5.78 Å². The third-order valence-corrected chi connectivity index (χ3v) is 10.0. The largest absolute Gasteiger partial charge is 0.458 e. The molecule has 2 saturated heterocycles. The Hall–Kier alpha value is -1.42. The molecule has 4 heteroatoms. The number of ether oxygens (including phenoxy) is 2. The zero-order valence-electron chi connectivity index (χ0n) is 16.0. The molecule has 0 N–H and O–H groups in total. The summed E-state index contributed by atoms with van der Waals surface area (Å²) >= 11 is 0. The van der Waals surface area contributed by atoms with Crippen molar-refractivity contribution in [2.75, 3.05) is 0 Å². The van der Waals surface area contributed by atoms with Gasteiger partial charge in [0.2, 0.25) is 0 Å². The van der Waals surface area contributed by atoms with Gasteiger partial charge in [0.25, 0.3) is 0 Å². The lowest BCUT2D eigenvalue weighted by atomic mass is 9.47. The van der Waals surface area contributed by atoms with Crippen LogP contribution in [0.5, 0.6) is 0 Å². The molecule has 2 aliphatic heterocycles. The molecule has 4 nitrogen and oxygen atoms in total. The summed E-state index contributed by atoms with van der Waals surface area (Å²) in [4.78, 5) is 24.1. The van der Waals surface area contributed by atoms with Crippen LogP contribution >= 0.6 is 0 Å². The quantitative estimate of drug-likeness (QED) is 0.487. The summed E-state index contributed by atoms with van der Waals surface area (Å²) in [6, 6.07) is 0. The van der Waals surface area contributed by atoms with Crippen molar-refractivity contribution >= 4 is 11.8 Å². The van der Waals surface area contributed by atoms with E-state index in [2.05, 4.69) is 19.9 Å². The van der Waals surface area contributed by atoms with Crippen molar-refractivity contribution in [3.63, 3.8) is 0 Å². The van der Waals surface area contributed by atoms with E-state index in [-0.39, 0.29) is 39.9 Å². The lowest BCUT2D eigenvalue weighted by Crippen LogP contribution is -2.60. The molecule has 5 aliphatic carbocycles. The maximum absolute atomic E-state index is 12.1. The fraction of sp³-hybridized carbons (Fsp3) is 0.739. The molecule has 0 amide bonds. The first kappa shape index (κ1) is 15.5.